The van der Waals surface area contributed by atoms with Gasteiger partial charge in [-0.2, -0.15) is 5.90 Å². The van der Waals surface area contributed by atoms with Crippen LogP contribution in [0.1, 0.15) is 40.0 Å². The molecule has 0 unspecified atom stereocenters. The summed E-state index contributed by atoms with van der Waals surface area (Å²) in [7, 11) is 0. The van der Waals surface area contributed by atoms with Crippen LogP contribution in [0.25, 0.3) is 0 Å². The largest absolute Gasteiger partial charge is 0.459 e. The van der Waals surface area contributed by atoms with E-state index in [-0.39, 0.29) is 0 Å². The second-order valence-corrected chi connectivity index (χ2v) is 4.81. The highest BCUT2D eigenvalue weighted by atomic mass is 16.7. The number of esters is 1. The predicted octanol–water partition coefficient (Wildman–Crippen LogP) is 0.490. The third-order valence-electron chi connectivity index (χ3n) is 2.04. The number of unbranched alkanes of at least 4 members (excludes halogenated alkanes) is 1. The molecule has 0 bridgehead atoms. The van der Waals surface area contributed by atoms with E-state index < -0.39 is 23.5 Å². The second kappa shape index (κ2) is 7.24. The maximum Gasteiger partial charge on any atom is 0.338 e. The first-order valence-corrected chi connectivity index (χ1v) is 5.65. The summed E-state index contributed by atoms with van der Waals surface area (Å²) in [4.78, 5) is 27.2. The molecular weight excluding hydrogens is 224 g/mol. The molecule has 0 heterocycles. The van der Waals surface area contributed by atoms with Crippen LogP contribution in [0.2, 0.25) is 0 Å². The van der Waals surface area contributed by atoms with E-state index in [9.17, 15) is 9.59 Å². The van der Waals surface area contributed by atoms with Crippen molar-refractivity contribution >= 4 is 11.9 Å². The maximum atomic E-state index is 11.7. The Morgan fingerprint density at radius 1 is 1.18 bits per heavy atom. The topological polar surface area (TPSA) is 105 Å². The van der Waals surface area contributed by atoms with E-state index in [1.165, 1.54) is 0 Å². The van der Waals surface area contributed by atoms with Crippen LogP contribution < -0.4 is 11.6 Å². The predicted molar refractivity (Wildman–Crippen MR) is 62.5 cm³/mol. The highest BCUT2D eigenvalue weighted by Gasteiger charge is 2.31. The zero-order valence-electron chi connectivity index (χ0n) is 10.7. The Morgan fingerprint density at radius 3 is 2.18 bits per heavy atom. The van der Waals surface area contributed by atoms with Crippen LogP contribution in [-0.2, 0) is 19.2 Å². The van der Waals surface area contributed by atoms with Gasteiger partial charge >= 0.3 is 11.9 Å². The lowest BCUT2D eigenvalue weighted by Crippen LogP contribution is -2.34. The summed E-state index contributed by atoms with van der Waals surface area (Å²) in [6.07, 6.45) is 1.72. The van der Waals surface area contributed by atoms with Crippen molar-refractivity contribution in [1.82, 2.24) is 0 Å². The van der Waals surface area contributed by atoms with Gasteiger partial charge in [-0.1, -0.05) is 6.42 Å². The fourth-order valence-electron chi connectivity index (χ4n) is 1.28. The molecule has 0 rings (SSSR count). The zero-order valence-corrected chi connectivity index (χ0v) is 10.7. The van der Waals surface area contributed by atoms with Crippen LogP contribution in [0.15, 0.2) is 0 Å². The summed E-state index contributed by atoms with van der Waals surface area (Å²) in [5.74, 6) is 2.46. The molecule has 6 nitrogen and oxygen atoms in total. The normalized spacial score (nSPS) is 13.0. The summed E-state index contributed by atoms with van der Waals surface area (Å²) in [5, 5.41) is 0. The van der Waals surface area contributed by atoms with E-state index in [0.29, 0.717) is 19.4 Å². The van der Waals surface area contributed by atoms with Gasteiger partial charge in [-0.05, 0) is 40.2 Å². The van der Waals surface area contributed by atoms with Gasteiger partial charge in [0.05, 0.1) is 0 Å². The summed E-state index contributed by atoms with van der Waals surface area (Å²) in [5.41, 5.74) is 4.70. The Morgan fingerprint density at radius 2 is 1.76 bits per heavy atom. The standard InChI is InChI=1S/C11H22N2O4/c1-11(2,3)16-9(14)8(10(15)17-13)6-4-5-7-12/h8H,4-7,12-13H2,1-3H3/t8-/m0/s1. The molecule has 17 heavy (non-hydrogen) atoms. The van der Waals surface area contributed by atoms with Gasteiger partial charge in [0.25, 0.3) is 0 Å². The van der Waals surface area contributed by atoms with Crippen LogP contribution in [0.4, 0.5) is 0 Å². The molecule has 0 aliphatic heterocycles. The molecule has 1 atom stereocenters. The molecule has 0 spiro atoms. The van der Waals surface area contributed by atoms with Crippen LogP contribution in [-0.4, -0.2) is 24.1 Å². The summed E-state index contributed by atoms with van der Waals surface area (Å²) in [6, 6.07) is 0. The van der Waals surface area contributed by atoms with E-state index in [1.807, 2.05) is 0 Å². The van der Waals surface area contributed by atoms with E-state index in [1.54, 1.807) is 20.8 Å². The number of hydrogen-bond donors (Lipinski definition) is 2. The molecule has 0 radical (unpaired) electrons. The average Bonchev–Trinajstić information content (AvgIpc) is 2.20. The molecule has 0 amide bonds. The lowest BCUT2D eigenvalue weighted by molar-refractivity contribution is -0.169. The number of rotatable bonds is 6. The summed E-state index contributed by atoms with van der Waals surface area (Å²) < 4.78 is 5.13. The number of hydrogen-bond acceptors (Lipinski definition) is 6. The molecule has 0 aromatic heterocycles. The lowest BCUT2D eigenvalue weighted by atomic mass is 10.0. The molecule has 0 aliphatic rings. The monoisotopic (exact) mass is 246 g/mol. The zero-order chi connectivity index (χ0) is 13.5. The molecule has 0 saturated heterocycles. The Hall–Kier alpha value is -1.14. The van der Waals surface area contributed by atoms with Crippen molar-refractivity contribution in [2.45, 2.75) is 45.6 Å². The average molecular weight is 246 g/mol. The minimum atomic E-state index is -0.967. The Bertz CT molecular complexity index is 261. The van der Waals surface area contributed by atoms with E-state index in [0.717, 1.165) is 6.42 Å². The second-order valence-electron chi connectivity index (χ2n) is 4.81. The van der Waals surface area contributed by atoms with Crippen LogP contribution >= 0.6 is 0 Å². The molecule has 0 saturated carbocycles. The lowest BCUT2D eigenvalue weighted by Gasteiger charge is -2.22. The summed E-state index contributed by atoms with van der Waals surface area (Å²) >= 11 is 0. The number of ether oxygens (including phenoxy) is 1. The fourth-order valence-corrected chi connectivity index (χ4v) is 1.28. The van der Waals surface area contributed by atoms with Gasteiger partial charge in [0.2, 0.25) is 0 Å². The van der Waals surface area contributed by atoms with Crippen molar-refractivity contribution in [1.29, 1.82) is 0 Å². The van der Waals surface area contributed by atoms with Gasteiger partial charge in [0.15, 0.2) is 5.92 Å². The number of carbonyl (C=O) groups excluding carboxylic acids is 2. The van der Waals surface area contributed by atoms with Crippen LogP contribution in [0.3, 0.4) is 0 Å². The summed E-state index contributed by atoms with van der Waals surface area (Å²) in [6.45, 7) is 5.71. The highest BCUT2D eigenvalue weighted by molar-refractivity contribution is 5.94. The molecular formula is C11H22N2O4. The van der Waals surface area contributed by atoms with Crippen molar-refractivity contribution in [3.05, 3.63) is 0 Å². The highest BCUT2D eigenvalue weighted by Crippen LogP contribution is 2.16. The fraction of sp³-hybridized carbons (Fsp3) is 0.818. The first-order valence-electron chi connectivity index (χ1n) is 5.65. The first-order chi connectivity index (χ1) is 7.81. The van der Waals surface area contributed by atoms with Crippen molar-refractivity contribution in [2.24, 2.45) is 17.5 Å². The van der Waals surface area contributed by atoms with E-state index >= 15 is 0 Å². The van der Waals surface area contributed by atoms with Crippen molar-refractivity contribution in [3.8, 4) is 0 Å². The van der Waals surface area contributed by atoms with Crippen molar-refractivity contribution in [2.75, 3.05) is 6.54 Å². The number of carbonyl (C=O) groups is 2. The van der Waals surface area contributed by atoms with E-state index in [2.05, 4.69) is 4.84 Å². The van der Waals surface area contributed by atoms with Gasteiger partial charge in [0, 0.05) is 0 Å². The molecule has 4 N–H and O–H groups in total. The Kier molecular flexibility index (Phi) is 6.75. The van der Waals surface area contributed by atoms with Gasteiger partial charge < -0.3 is 15.3 Å². The quantitative estimate of drug-likeness (QED) is 0.306. The third kappa shape index (κ3) is 6.91. The minimum absolute atomic E-state index is 0.335. The van der Waals surface area contributed by atoms with Gasteiger partial charge in [-0.3, -0.25) is 4.79 Å². The van der Waals surface area contributed by atoms with Crippen molar-refractivity contribution in [3.63, 3.8) is 0 Å². The van der Waals surface area contributed by atoms with Gasteiger partial charge in [-0.15, -0.1) is 0 Å². The molecule has 0 aromatic rings. The smallest absolute Gasteiger partial charge is 0.338 e. The van der Waals surface area contributed by atoms with Crippen molar-refractivity contribution < 1.29 is 19.2 Å². The number of nitrogens with two attached hydrogens (primary N) is 2. The van der Waals surface area contributed by atoms with Gasteiger partial charge in [-0.25, -0.2) is 4.79 Å². The first kappa shape index (κ1) is 15.9. The molecule has 0 fully saturated rings. The molecule has 0 aliphatic carbocycles. The molecule has 0 aromatic carbocycles. The molecule has 6 heteroatoms. The van der Waals surface area contributed by atoms with Gasteiger partial charge in [0.1, 0.15) is 5.60 Å². The third-order valence-corrected chi connectivity index (χ3v) is 2.04. The van der Waals surface area contributed by atoms with E-state index in [4.69, 9.17) is 16.4 Å². The Labute approximate surface area is 102 Å². The van der Waals surface area contributed by atoms with Crippen LogP contribution in [0, 0.1) is 5.92 Å². The SMILES string of the molecule is CC(C)(C)OC(=O)[C@H](CCCCN)C(=O)ON. The minimum Gasteiger partial charge on any atom is -0.459 e. The van der Waals surface area contributed by atoms with Crippen LogP contribution in [0.5, 0.6) is 0 Å². The molecule has 100 valence electrons. The maximum absolute atomic E-state index is 11.7. The Balaban J connectivity index is 4.46.